The van der Waals surface area contributed by atoms with Crippen molar-refractivity contribution >= 4 is 27.6 Å². The van der Waals surface area contributed by atoms with Gasteiger partial charge in [-0.3, -0.25) is 10.4 Å². The molecule has 6 heteroatoms. The van der Waals surface area contributed by atoms with Gasteiger partial charge in [0.25, 0.3) is 0 Å². The fraction of sp³-hybridized carbons (Fsp3) is 0.235. The summed E-state index contributed by atoms with van der Waals surface area (Å²) in [4.78, 5) is 4.55. The van der Waals surface area contributed by atoms with E-state index in [9.17, 15) is 0 Å². The molecule has 23 heavy (non-hydrogen) atoms. The highest BCUT2D eigenvalue weighted by Crippen LogP contribution is 2.36. The Balaban J connectivity index is 2.05. The normalized spacial score (nSPS) is 18.5. The van der Waals surface area contributed by atoms with Crippen molar-refractivity contribution in [2.75, 3.05) is 0 Å². The van der Waals surface area contributed by atoms with Gasteiger partial charge < -0.3 is 5.73 Å². The largest absolute Gasteiger partial charge is 0.369 e. The molecule has 1 aromatic carbocycles. The monoisotopic (exact) mass is 371 g/mol. The van der Waals surface area contributed by atoms with Crippen molar-refractivity contribution in [1.29, 1.82) is 5.41 Å². The number of aromatic nitrogens is 1. The number of fused-ring (bicyclic) bond motifs is 1. The highest BCUT2D eigenvalue weighted by Gasteiger charge is 2.28. The number of benzene rings is 1. The van der Waals surface area contributed by atoms with Crippen LogP contribution in [0.3, 0.4) is 0 Å². The van der Waals surface area contributed by atoms with E-state index in [0.29, 0.717) is 5.92 Å². The van der Waals surface area contributed by atoms with Crippen LogP contribution in [0, 0.1) is 12.3 Å². The summed E-state index contributed by atoms with van der Waals surface area (Å²) in [5, 5.41) is 11.7. The van der Waals surface area contributed by atoms with Crippen LogP contribution in [0.1, 0.15) is 34.7 Å². The van der Waals surface area contributed by atoms with Gasteiger partial charge >= 0.3 is 0 Å². The summed E-state index contributed by atoms with van der Waals surface area (Å²) in [7, 11) is 0. The fourth-order valence-corrected chi connectivity index (χ4v) is 3.67. The van der Waals surface area contributed by atoms with Gasteiger partial charge in [0.1, 0.15) is 0 Å². The Kier molecular flexibility index (Phi) is 4.43. The molecule has 1 atom stereocenters. The van der Waals surface area contributed by atoms with E-state index in [-0.39, 0.29) is 5.96 Å². The lowest BCUT2D eigenvalue weighted by Gasteiger charge is -2.27. The van der Waals surface area contributed by atoms with Gasteiger partial charge in [0.05, 0.1) is 11.4 Å². The third kappa shape index (κ3) is 3.27. The third-order valence-corrected chi connectivity index (χ3v) is 4.78. The van der Waals surface area contributed by atoms with E-state index in [1.54, 1.807) is 0 Å². The minimum atomic E-state index is -0.163. The van der Waals surface area contributed by atoms with Gasteiger partial charge in [-0.25, -0.2) is 5.43 Å². The summed E-state index contributed by atoms with van der Waals surface area (Å²) < 4.78 is 1.10. The molecule has 0 spiro atoms. The average molecular weight is 372 g/mol. The summed E-state index contributed by atoms with van der Waals surface area (Å²) in [6.45, 7) is 2.06. The second-order valence-electron chi connectivity index (χ2n) is 5.66. The van der Waals surface area contributed by atoms with E-state index in [0.717, 1.165) is 39.8 Å². The van der Waals surface area contributed by atoms with E-state index < -0.39 is 0 Å². The molecule has 0 radical (unpaired) electrons. The van der Waals surface area contributed by atoms with Crippen molar-refractivity contribution < 1.29 is 0 Å². The number of hydrazone groups is 1. The van der Waals surface area contributed by atoms with Gasteiger partial charge in [-0.05, 0) is 48.9 Å². The van der Waals surface area contributed by atoms with Crippen LogP contribution < -0.4 is 11.2 Å². The average Bonchev–Trinajstić information content (AvgIpc) is 2.53. The predicted octanol–water partition coefficient (Wildman–Crippen LogP) is 3.07. The molecule has 1 heterocycles. The molecule has 0 saturated heterocycles. The topological polar surface area (TPSA) is 87.2 Å². The molecule has 0 aliphatic heterocycles. The van der Waals surface area contributed by atoms with Crippen LogP contribution >= 0.6 is 15.9 Å². The summed E-state index contributed by atoms with van der Waals surface area (Å²) >= 11 is 3.64. The maximum atomic E-state index is 7.34. The fourth-order valence-electron chi connectivity index (χ4n) is 3.06. The molecule has 3 rings (SSSR count). The van der Waals surface area contributed by atoms with Crippen LogP contribution in [0.2, 0.25) is 0 Å². The number of guanidine groups is 1. The van der Waals surface area contributed by atoms with Crippen LogP contribution in [0.25, 0.3) is 0 Å². The first-order chi connectivity index (χ1) is 11.1. The van der Waals surface area contributed by atoms with Crippen LogP contribution in [0.5, 0.6) is 0 Å². The van der Waals surface area contributed by atoms with Crippen molar-refractivity contribution in [2.45, 2.75) is 25.7 Å². The molecule has 5 nitrogen and oxygen atoms in total. The number of hydrogen-bond acceptors (Lipinski definition) is 3. The number of nitrogens with zero attached hydrogens (tertiary/aromatic N) is 2. The second kappa shape index (κ2) is 6.50. The van der Waals surface area contributed by atoms with Gasteiger partial charge in [0.15, 0.2) is 0 Å². The zero-order chi connectivity index (χ0) is 16.4. The Morgan fingerprint density at radius 1 is 1.35 bits per heavy atom. The molecule has 1 aromatic heterocycles. The second-order valence-corrected chi connectivity index (χ2v) is 6.51. The van der Waals surface area contributed by atoms with Crippen LogP contribution in [-0.4, -0.2) is 16.7 Å². The van der Waals surface area contributed by atoms with E-state index in [1.165, 1.54) is 5.56 Å². The first kappa shape index (κ1) is 15.7. The number of hydrogen-bond donors (Lipinski definition) is 3. The predicted molar refractivity (Wildman–Crippen MR) is 95.8 cm³/mol. The Hall–Kier alpha value is -2.21. The van der Waals surface area contributed by atoms with Crippen molar-refractivity contribution in [2.24, 2.45) is 10.8 Å². The van der Waals surface area contributed by atoms with Gasteiger partial charge in [-0.15, -0.1) is 0 Å². The van der Waals surface area contributed by atoms with Gasteiger partial charge in [-0.2, -0.15) is 5.10 Å². The first-order valence-electron chi connectivity index (χ1n) is 7.42. The standard InChI is InChI=1S/C17H18BrN5/c1-10-6-7-21-14-8-11(12-4-2-3-5-13(12)18)9-15(16(10)14)22-23-17(19)20/h2-7,11H,8-9H2,1H3,(H4,19,20,23)/b22-15-. The van der Waals surface area contributed by atoms with Crippen molar-refractivity contribution in [3.05, 3.63) is 63.4 Å². The van der Waals surface area contributed by atoms with Crippen molar-refractivity contribution in [3.63, 3.8) is 0 Å². The molecule has 4 N–H and O–H groups in total. The SMILES string of the molecule is Cc1ccnc2c1/C(=N\NC(=N)N)CC(c1ccccc1Br)C2. The molecule has 118 valence electrons. The number of rotatable bonds is 2. The molecule has 0 fully saturated rings. The third-order valence-electron chi connectivity index (χ3n) is 4.06. The summed E-state index contributed by atoms with van der Waals surface area (Å²) in [5.74, 6) is 0.128. The first-order valence-corrected chi connectivity index (χ1v) is 8.21. The van der Waals surface area contributed by atoms with E-state index in [2.05, 4.69) is 50.5 Å². The van der Waals surface area contributed by atoms with Gasteiger partial charge in [-0.1, -0.05) is 34.1 Å². The minimum Gasteiger partial charge on any atom is -0.369 e. The van der Waals surface area contributed by atoms with E-state index in [4.69, 9.17) is 11.1 Å². The number of pyridine rings is 1. The molecule has 2 aromatic rings. The number of nitrogens with two attached hydrogens (primary N) is 1. The highest BCUT2D eigenvalue weighted by atomic mass is 79.9. The lowest BCUT2D eigenvalue weighted by Crippen LogP contribution is -2.29. The van der Waals surface area contributed by atoms with Crippen LogP contribution in [-0.2, 0) is 6.42 Å². The molecule has 1 aliphatic carbocycles. The van der Waals surface area contributed by atoms with Crippen LogP contribution in [0.15, 0.2) is 46.1 Å². The number of aryl methyl sites for hydroxylation is 1. The Bertz CT molecular complexity index is 784. The van der Waals surface area contributed by atoms with Crippen molar-refractivity contribution in [1.82, 2.24) is 10.4 Å². The van der Waals surface area contributed by atoms with Crippen molar-refractivity contribution in [3.8, 4) is 0 Å². The van der Waals surface area contributed by atoms with E-state index in [1.807, 2.05) is 24.4 Å². The molecule has 0 amide bonds. The zero-order valence-electron chi connectivity index (χ0n) is 12.8. The summed E-state index contributed by atoms with van der Waals surface area (Å²) in [6.07, 6.45) is 3.49. The highest BCUT2D eigenvalue weighted by molar-refractivity contribution is 9.10. The molecular formula is C17H18BrN5. The lowest BCUT2D eigenvalue weighted by atomic mass is 9.80. The Morgan fingerprint density at radius 2 is 2.13 bits per heavy atom. The maximum absolute atomic E-state index is 7.34. The molecule has 1 aliphatic rings. The smallest absolute Gasteiger partial charge is 0.206 e. The Morgan fingerprint density at radius 3 is 2.87 bits per heavy atom. The zero-order valence-corrected chi connectivity index (χ0v) is 14.4. The molecule has 0 bridgehead atoms. The van der Waals surface area contributed by atoms with Gasteiger partial charge in [0.2, 0.25) is 5.96 Å². The Labute approximate surface area is 143 Å². The minimum absolute atomic E-state index is 0.163. The molecule has 0 saturated carbocycles. The van der Waals surface area contributed by atoms with E-state index >= 15 is 0 Å². The van der Waals surface area contributed by atoms with Crippen LogP contribution in [0.4, 0.5) is 0 Å². The lowest BCUT2D eigenvalue weighted by molar-refractivity contribution is 0.672. The molecular weight excluding hydrogens is 354 g/mol. The number of nitrogens with one attached hydrogen (secondary N) is 2. The summed E-state index contributed by atoms with van der Waals surface area (Å²) in [5.41, 5.74) is 13.4. The summed E-state index contributed by atoms with van der Waals surface area (Å²) in [6, 6.07) is 10.2. The van der Waals surface area contributed by atoms with Gasteiger partial charge in [0, 0.05) is 16.2 Å². The molecule has 1 unspecified atom stereocenters. The number of halogens is 1. The quantitative estimate of drug-likeness (QED) is 0.430. The maximum Gasteiger partial charge on any atom is 0.206 e.